The lowest BCUT2D eigenvalue weighted by molar-refractivity contribution is 0.191. The van der Waals surface area contributed by atoms with Crippen LogP contribution in [0.4, 0.5) is 0 Å². The molecule has 0 aliphatic carbocycles. The molecule has 0 saturated heterocycles. The van der Waals surface area contributed by atoms with E-state index in [0.29, 0.717) is 0 Å². The van der Waals surface area contributed by atoms with E-state index in [0.717, 1.165) is 0 Å². The molecule has 0 rings (SSSR count). The summed E-state index contributed by atoms with van der Waals surface area (Å²) in [5.41, 5.74) is 5.53. The summed E-state index contributed by atoms with van der Waals surface area (Å²) in [4.78, 5) is 1.99. The number of hydrogen-bond donors (Lipinski definition) is 2. The Balaban J connectivity index is 3.58. The van der Waals surface area contributed by atoms with Crippen molar-refractivity contribution in [3.63, 3.8) is 0 Å². The molecule has 3 heteroatoms. The van der Waals surface area contributed by atoms with Gasteiger partial charge in [0.05, 0.1) is 6.61 Å². The Hall–Kier alpha value is -0.120. The zero-order chi connectivity index (χ0) is 7.44. The Morgan fingerprint density at radius 1 is 1.56 bits per heavy atom. The van der Waals surface area contributed by atoms with Gasteiger partial charge in [-0.1, -0.05) is 0 Å². The number of hydrogen-bond acceptors (Lipinski definition) is 3. The zero-order valence-corrected chi connectivity index (χ0v) is 6.33. The predicted octanol–water partition coefficient (Wildman–Crippen LogP) is -0.744. The average molecular weight is 132 g/mol. The number of nitrogens with two attached hydrogens (primary N) is 1. The number of aliphatic hydroxyl groups is 1. The van der Waals surface area contributed by atoms with Crippen LogP contribution in [0.25, 0.3) is 0 Å². The van der Waals surface area contributed by atoms with E-state index in [-0.39, 0.29) is 18.7 Å². The molecule has 0 amide bonds. The molecule has 0 spiro atoms. The Bertz CT molecular complexity index is 75.5. The maximum absolute atomic E-state index is 8.60. The van der Waals surface area contributed by atoms with Crippen LogP contribution in [0.15, 0.2) is 0 Å². The van der Waals surface area contributed by atoms with Crippen molar-refractivity contribution >= 4 is 0 Å². The van der Waals surface area contributed by atoms with Gasteiger partial charge in [-0.2, -0.15) is 0 Å². The van der Waals surface area contributed by atoms with Crippen LogP contribution in [0.1, 0.15) is 6.92 Å². The first kappa shape index (κ1) is 8.88. The first-order chi connectivity index (χ1) is 4.09. The van der Waals surface area contributed by atoms with Crippen molar-refractivity contribution in [1.82, 2.24) is 4.90 Å². The second kappa shape index (κ2) is 3.82. The Morgan fingerprint density at radius 2 is 2.00 bits per heavy atom. The molecule has 0 bridgehead atoms. The normalized spacial score (nSPS) is 18.0. The van der Waals surface area contributed by atoms with E-state index in [1.807, 2.05) is 25.9 Å². The minimum atomic E-state index is -0.125. The monoisotopic (exact) mass is 132 g/mol. The molecule has 56 valence electrons. The fourth-order valence-electron chi connectivity index (χ4n) is 0.536. The van der Waals surface area contributed by atoms with Gasteiger partial charge in [-0.3, -0.25) is 0 Å². The van der Waals surface area contributed by atoms with Gasteiger partial charge in [-0.05, 0) is 21.0 Å². The van der Waals surface area contributed by atoms with E-state index in [2.05, 4.69) is 0 Å². The Morgan fingerprint density at radius 3 is 2.11 bits per heavy atom. The lowest BCUT2D eigenvalue weighted by Gasteiger charge is -2.24. The molecule has 0 radical (unpaired) electrons. The molecular weight excluding hydrogens is 116 g/mol. The summed E-state index contributed by atoms with van der Waals surface area (Å²) < 4.78 is 0. The Kier molecular flexibility index (Phi) is 3.77. The lowest BCUT2D eigenvalue weighted by Crippen LogP contribution is -2.44. The first-order valence-electron chi connectivity index (χ1n) is 3.12. The van der Waals surface area contributed by atoms with Crippen LogP contribution in [0.5, 0.6) is 0 Å². The number of rotatable bonds is 3. The van der Waals surface area contributed by atoms with Gasteiger partial charge < -0.3 is 15.7 Å². The van der Waals surface area contributed by atoms with Crippen LogP contribution >= 0.6 is 0 Å². The van der Waals surface area contributed by atoms with Gasteiger partial charge in [0.1, 0.15) is 0 Å². The van der Waals surface area contributed by atoms with Crippen molar-refractivity contribution in [1.29, 1.82) is 0 Å². The quantitative estimate of drug-likeness (QED) is 0.531. The minimum Gasteiger partial charge on any atom is -0.395 e. The average Bonchev–Trinajstić information content (AvgIpc) is 1.84. The van der Waals surface area contributed by atoms with Crippen LogP contribution in [-0.4, -0.2) is 42.8 Å². The molecule has 0 aliphatic heterocycles. The summed E-state index contributed by atoms with van der Waals surface area (Å²) >= 11 is 0. The predicted molar refractivity (Wildman–Crippen MR) is 38.2 cm³/mol. The van der Waals surface area contributed by atoms with Crippen LogP contribution < -0.4 is 5.73 Å². The molecule has 0 aliphatic rings. The second-order valence-corrected chi connectivity index (χ2v) is 2.55. The van der Waals surface area contributed by atoms with E-state index in [4.69, 9.17) is 10.8 Å². The fraction of sp³-hybridized carbons (Fsp3) is 1.00. The zero-order valence-electron chi connectivity index (χ0n) is 6.33. The summed E-state index contributed by atoms with van der Waals surface area (Å²) in [6.07, 6.45) is 0. The van der Waals surface area contributed by atoms with E-state index in [1.54, 1.807) is 0 Å². The molecule has 3 nitrogen and oxygen atoms in total. The molecule has 3 N–H and O–H groups in total. The maximum Gasteiger partial charge on any atom is 0.0597 e. The summed E-state index contributed by atoms with van der Waals surface area (Å²) in [7, 11) is 3.89. The first-order valence-corrected chi connectivity index (χ1v) is 3.12. The van der Waals surface area contributed by atoms with Gasteiger partial charge in [-0.25, -0.2) is 0 Å². The third-order valence-electron chi connectivity index (χ3n) is 1.64. The minimum absolute atomic E-state index is 0.0549. The largest absolute Gasteiger partial charge is 0.395 e. The van der Waals surface area contributed by atoms with Gasteiger partial charge in [0, 0.05) is 12.1 Å². The second-order valence-electron chi connectivity index (χ2n) is 2.55. The van der Waals surface area contributed by atoms with Crippen LogP contribution in [0.3, 0.4) is 0 Å². The van der Waals surface area contributed by atoms with Crippen molar-refractivity contribution in [3.05, 3.63) is 0 Å². The van der Waals surface area contributed by atoms with Crippen molar-refractivity contribution in [2.75, 3.05) is 20.7 Å². The van der Waals surface area contributed by atoms with E-state index >= 15 is 0 Å². The van der Waals surface area contributed by atoms with Crippen LogP contribution in [-0.2, 0) is 0 Å². The van der Waals surface area contributed by atoms with Crippen molar-refractivity contribution < 1.29 is 5.11 Å². The lowest BCUT2D eigenvalue weighted by atomic mass is 10.1. The third-order valence-corrected chi connectivity index (χ3v) is 1.64. The highest BCUT2D eigenvalue weighted by Gasteiger charge is 2.12. The molecule has 0 aromatic heterocycles. The van der Waals surface area contributed by atoms with Gasteiger partial charge in [-0.15, -0.1) is 0 Å². The summed E-state index contributed by atoms with van der Waals surface area (Å²) in [6, 6.07) is 0.120. The van der Waals surface area contributed by atoms with E-state index < -0.39 is 0 Å². The van der Waals surface area contributed by atoms with Crippen LogP contribution in [0.2, 0.25) is 0 Å². The molecule has 0 aromatic carbocycles. The van der Waals surface area contributed by atoms with Crippen molar-refractivity contribution in [2.45, 2.75) is 19.0 Å². The highest BCUT2D eigenvalue weighted by molar-refractivity contribution is 4.72. The van der Waals surface area contributed by atoms with Gasteiger partial charge in [0.15, 0.2) is 0 Å². The molecule has 0 fully saturated rings. The van der Waals surface area contributed by atoms with E-state index in [1.165, 1.54) is 0 Å². The molecule has 9 heavy (non-hydrogen) atoms. The number of aliphatic hydroxyl groups excluding tert-OH is 1. The molecule has 2 atom stereocenters. The van der Waals surface area contributed by atoms with Gasteiger partial charge in [0.25, 0.3) is 0 Å². The standard InChI is InChI=1S/C6H16N2O/c1-5(8(2)3)6(7)4-9/h5-6,9H,4,7H2,1-3H3. The molecule has 0 heterocycles. The molecule has 0 saturated carbocycles. The van der Waals surface area contributed by atoms with Crippen LogP contribution in [0, 0.1) is 0 Å². The molecule has 0 aromatic rings. The maximum atomic E-state index is 8.60. The summed E-state index contributed by atoms with van der Waals surface area (Å²) in [5, 5.41) is 8.60. The smallest absolute Gasteiger partial charge is 0.0597 e. The number of nitrogens with zero attached hydrogens (tertiary/aromatic N) is 1. The molecular formula is C6H16N2O. The summed E-state index contributed by atoms with van der Waals surface area (Å²) in [6.45, 7) is 2.04. The van der Waals surface area contributed by atoms with E-state index in [9.17, 15) is 0 Å². The highest BCUT2D eigenvalue weighted by atomic mass is 16.3. The fourth-order valence-corrected chi connectivity index (χ4v) is 0.536. The Labute approximate surface area is 56.5 Å². The highest BCUT2D eigenvalue weighted by Crippen LogP contribution is 1.94. The van der Waals surface area contributed by atoms with Gasteiger partial charge >= 0.3 is 0 Å². The molecule has 2 unspecified atom stereocenters. The van der Waals surface area contributed by atoms with Crippen molar-refractivity contribution in [3.8, 4) is 0 Å². The number of likely N-dealkylation sites (N-methyl/N-ethyl adjacent to an activating group) is 1. The summed E-state index contributed by atoms with van der Waals surface area (Å²) in [5.74, 6) is 0. The SMILES string of the molecule is CC(C(N)CO)N(C)C. The topological polar surface area (TPSA) is 49.5 Å². The van der Waals surface area contributed by atoms with Gasteiger partial charge in [0.2, 0.25) is 0 Å². The van der Waals surface area contributed by atoms with Crippen molar-refractivity contribution in [2.24, 2.45) is 5.73 Å². The third kappa shape index (κ3) is 2.79.